The van der Waals surface area contributed by atoms with E-state index in [1.165, 1.54) is 5.56 Å². The standard InChI is InChI=1S/C15H21BrN6O/c1-3-22-10-12(11(2)19-22)9-20-4-6-21(7-5-20)15(23)14-13(16)8-17-18-14/h8,10H,3-7,9H2,1-2H3,(H,17,18). The monoisotopic (exact) mass is 380 g/mol. The highest BCUT2D eigenvalue weighted by molar-refractivity contribution is 9.10. The van der Waals surface area contributed by atoms with Crippen molar-refractivity contribution < 1.29 is 4.79 Å². The first-order chi connectivity index (χ1) is 11.1. The van der Waals surface area contributed by atoms with Crippen LogP contribution in [0.4, 0.5) is 0 Å². The molecule has 0 aromatic carbocycles. The normalized spacial score (nSPS) is 16.0. The summed E-state index contributed by atoms with van der Waals surface area (Å²) in [6, 6.07) is 0. The molecule has 1 saturated heterocycles. The van der Waals surface area contributed by atoms with E-state index in [4.69, 9.17) is 0 Å². The lowest BCUT2D eigenvalue weighted by atomic mass is 10.2. The summed E-state index contributed by atoms with van der Waals surface area (Å²) in [7, 11) is 0. The highest BCUT2D eigenvalue weighted by Gasteiger charge is 2.25. The largest absolute Gasteiger partial charge is 0.335 e. The Hall–Kier alpha value is -1.67. The Kier molecular flexibility index (Phi) is 4.82. The second-order valence-electron chi connectivity index (χ2n) is 5.76. The summed E-state index contributed by atoms with van der Waals surface area (Å²) in [5.74, 6) is 0.00371. The lowest BCUT2D eigenvalue weighted by Crippen LogP contribution is -2.48. The quantitative estimate of drug-likeness (QED) is 0.875. The summed E-state index contributed by atoms with van der Waals surface area (Å²) < 4.78 is 2.69. The van der Waals surface area contributed by atoms with E-state index in [9.17, 15) is 4.79 Å². The van der Waals surface area contributed by atoms with E-state index in [0.29, 0.717) is 10.2 Å². The van der Waals surface area contributed by atoms with Crippen LogP contribution in [-0.4, -0.2) is 61.9 Å². The van der Waals surface area contributed by atoms with Crippen molar-refractivity contribution in [2.24, 2.45) is 0 Å². The number of nitrogens with zero attached hydrogens (tertiary/aromatic N) is 5. The molecule has 3 rings (SSSR count). The van der Waals surface area contributed by atoms with Crippen LogP contribution in [0.5, 0.6) is 0 Å². The van der Waals surface area contributed by atoms with Gasteiger partial charge in [-0.3, -0.25) is 19.5 Å². The summed E-state index contributed by atoms with van der Waals surface area (Å²) >= 11 is 3.35. The van der Waals surface area contributed by atoms with E-state index >= 15 is 0 Å². The third kappa shape index (κ3) is 3.48. The minimum Gasteiger partial charge on any atom is -0.335 e. The second-order valence-corrected chi connectivity index (χ2v) is 6.61. The number of aromatic amines is 1. The summed E-state index contributed by atoms with van der Waals surface area (Å²) in [4.78, 5) is 16.7. The molecular formula is C15H21BrN6O. The summed E-state index contributed by atoms with van der Waals surface area (Å²) in [5.41, 5.74) is 2.88. The average Bonchev–Trinajstić information content (AvgIpc) is 3.13. The third-order valence-electron chi connectivity index (χ3n) is 4.23. The van der Waals surface area contributed by atoms with Crippen molar-refractivity contribution >= 4 is 21.8 Å². The number of carbonyl (C=O) groups is 1. The Labute approximate surface area is 143 Å². The minimum absolute atomic E-state index is 0.00371. The fraction of sp³-hybridized carbons (Fsp3) is 0.533. The summed E-state index contributed by atoms with van der Waals surface area (Å²) in [5, 5.41) is 11.1. The zero-order chi connectivity index (χ0) is 16.4. The van der Waals surface area contributed by atoms with Gasteiger partial charge in [-0.05, 0) is 29.8 Å². The number of hydrogen-bond acceptors (Lipinski definition) is 4. The molecule has 0 atom stereocenters. The Bertz CT molecular complexity index is 686. The molecule has 23 heavy (non-hydrogen) atoms. The van der Waals surface area contributed by atoms with Crippen molar-refractivity contribution in [1.29, 1.82) is 0 Å². The van der Waals surface area contributed by atoms with Crippen molar-refractivity contribution in [3.63, 3.8) is 0 Å². The van der Waals surface area contributed by atoms with Gasteiger partial charge in [-0.2, -0.15) is 10.2 Å². The molecule has 1 amide bonds. The van der Waals surface area contributed by atoms with E-state index in [1.54, 1.807) is 6.20 Å². The molecule has 2 aromatic rings. The van der Waals surface area contributed by atoms with Crippen LogP contribution in [0.2, 0.25) is 0 Å². The number of aryl methyl sites for hydroxylation is 2. The number of amides is 1. The summed E-state index contributed by atoms with van der Waals surface area (Å²) in [6.07, 6.45) is 3.73. The average molecular weight is 381 g/mol. The first kappa shape index (κ1) is 16.2. The SMILES string of the molecule is CCn1cc(CN2CCN(C(=O)c3[nH]ncc3Br)CC2)c(C)n1. The number of hydrogen-bond donors (Lipinski definition) is 1. The highest BCUT2D eigenvalue weighted by Crippen LogP contribution is 2.17. The van der Waals surface area contributed by atoms with Crippen molar-refractivity contribution in [2.75, 3.05) is 26.2 Å². The van der Waals surface area contributed by atoms with Crippen LogP contribution < -0.4 is 0 Å². The van der Waals surface area contributed by atoms with E-state index in [1.807, 2.05) is 9.58 Å². The van der Waals surface area contributed by atoms with E-state index in [-0.39, 0.29) is 5.91 Å². The number of halogens is 1. The van der Waals surface area contributed by atoms with E-state index in [0.717, 1.165) is 45.0 Å². The van der Waals surface area contributed by atoms with Crippen LogP contribution in [0.1, 0.15) is 28.7 Å². The lowest BCUT2D eigenvalue weighted by Gasteiger charge is -2.34. The zero-order valence-electron chi connectivity index (χ0n) is 13.4. The molecule has 1 fully saturated rings. The predicted molar refractivity (Wildman–Crippen MR) is 90.1 cm³/mol. The number of aromatic nitrogens is 4. The number of carbonyl (C=O) groups excluding carboxylic acids is 1. The van der Waals surface area contributed by atoms with Crippen molar-refractivity contribution in [3.05, 3.63) is 33.8 Å². The van der Waals surface area contributed by atoms with Gasteiger partial charge in [0.15, 0.2) is 0 Å². The highest BCUT2D eigenvalue weighted by atomic mass is 79.9. The van der Waals surface area contributed by atoms with Gasteiger partial charge in [0.25, 0.3) is 5.91 Å². The molecule has 1 N–H and O–H groups in total. The second kappa shape index (κ2) is 6.84. The van der Waals surface area contributed by atoms with Gasteiger partial charge in [0.05, 0.1) is 16.4 Å². The predicted octanol–water partition coefficient (Wildman–Crippen LogP) is 1.66. The molecule has 0 saturated carbocycles. The van der Waals surface area contributed by atoms with E-state index in [2.05, 4.69) is 56.2 Å². The maximum Gasteiger partial charge on any atom is 0.273 e. The van der Waals surface area contributed by atoms with Crippen LogP contribution in [0.25, 0.3) is 0 Å². The van der Waals surface area contributed by atoms with E-state index < -0.39 is 0 Å². The maximum atomic E-state index is 12.4. The molecule has 3 heterocycles. The number of nitrogens with one attached hydrogen (secondary N) is 1. The number of H-pyrrole nitrogens is 1. The van der Waals surface area contributed by atoms with Gasteiger partial charge in [0.1, 0.15) is 5.69 Å². The molecule has 0 bridgehead atoms. The summed E-state index contributed by atoms with van der Waals surface area (Å²) in [6.45, 7) is 9.12. The Morgan fingerprint density at radius 1 is 1.35 bits per heavy atom. The molecule has 0 aliphatic carbocycles. The Morgan fingerprint density at radius 2 is 2.09 bits per heavy atom. The third-order valence-corrected chi connectivity index (χ3v) is 4.83. The fourth-order valence-corrected chi connectivity index (χ4v) is 3.17. The first-order valence-corrected chi connectivity index (χ1v) is 8.61. The molecule has 0 radical (unpaired) electrons. The number of piperazine rings is 1. The Morgan fingerprint density at radius 3 is 2.65 bits per heavy atom. The smallest absolute Gasteiger partial charge is 0.273 e. The van der Waals surface area contributed by atoms with Gasteiger partial charge in [-0.1, -0.05) is 0 Å². The molecule has 1 aliphatic rings. The van der Waals surface area contributed by atoms with Gasteiger partial charge >= 0.3 is 0 Å². The van der Waals surface area contributed by atoms with Crippen LogP contribution in [0, 0.1) is 6.92 Å². The minimum atomic E-state index is 0.00371. The van der Waals surface area contributed by atoms with Gasteiger partial charge in [0, 0.05) is 51.0 Å². The maximum absolute atomic E-state index is 12.4. The van der Waals surface area contributed by atoms with Crippen molar-refractivity contribution in [2.45, 2.75) is 26.9 Å². The van der Waals surface area contributed by atoms with Gasteiger partial charge < -0.3 is 4.90 Å². The van der Waals surface area contributed by atoms with Crippen molar-refractivity contribution in [3.8, 4) is 0 Å². The zero-order valence-corrected chi connectivity index (χ0v) is 15.0. The molecule has 0 unspecified atom stereocenters. The van der Waals surface area contributed by atoms with Crippen LogP contribution in [0.3, 0.4) is 0 Å². The number of rotatable bonds is 4. The van der Waals surface area contributed by atoms with Crippen LogP contribution >= 0.6 is 15.9 Å². The molecule has 7 nitrogen and oxygen atoms in total. The van der Waals surface area contributed by atoms with Gasteiger partial charge in [-0.15, -0.1) is 0 Å². The molecular weight excluding hydrogens is 360 g/mol. The molecule has 124 valence electrons. The van der Waals surface area contributed by atoms with Gasteiger partial charge in [0.2, 0.25) is 0 Å². The van der Waals surface area contributed by atoms with Crippen LogP contribution in [-0.2, 0) is 13.1 Å². The molecule has 0 spiro atoms. The molecule has 1 aliphatic heterocycles. The molecule has 2 aromatic heterocycles. The van der Waals surface area contributed by atoms with Gasteiger partial charge in [-0.25, -0.2) is 0 Å². The van der Waals surface area contributed by atoms with Crippen LogP contribution in [0.15, 0.2) is 16.9 Å². The Balaban J connectivity index is 1.57. The first-order valence-electron chi connectivity index (χ1n) is 7.82. The lowest BCUT2D eigenvalue weighted by molar-refractivity contribution is 0.0621. The van der Waals surface area contributed by atoms with Crippen molar-refractivity contribution in [1.82, 2.24) is 29.8 Å². The topological polar surface area (TPSA) is 70.0 Å². The molecule has 8 heteroatoms. The fourth-order valence-electron chi connectivity index (χ4n) is 2.81.